The van der Waals surface area contributed by atoms with E-state index < -0.39 is 0 Å². The van der Waals surface area contributed by atoms with Crippen molar-refractivity contribution in [3.05, 3.63) is 77.4 Å². The molecule has 0 bridgehead atoms. The lowest BCUT2D eigenvalue weighted by atomic mass is 9.97. The van der Waals surface area contributed by atoms with Gasteiger partial charge in [0.05, 0.1) is 0 Å². The molecule has 0 nitrogen and oxygen atoms in total. The Bertz CT molecular complexity index is 729. The highest BCUT2D eigenvalue weighted by atomic mass is 32.2. The highest BCUT2D eigenvalue weighted by molar-refractivity contribution is 7.98. The fourth-order valence-corrected chi connectivity index (χ4v) is 3.50. The molecule has 1 heteroatoms. The van der Waals surface area contributed by atoms with Gasteiger partial charge in [0.1, 0.15) is 0 Å². The summed E-state index contributed by atoms with van der Waals surface area (Å²) in [4.78, 5) is 1.33. The minimum Gasteiger partial charge on any atom is -0.121 e. The standard InChI is InChI=1S/C19H18S/c1-14-15(2)19-11-7-6-8-16(19)12-17(14)13-20-18-9-4-3-5-10-18/h3-12H,13H2,1-2H3. The molecule has 0 saturated carbocycles. The van der Waals surface area contributed by atoms with Crippen molar-refractivity contribution in [2.45, 2.75) is 24.5 Å². The second-order valence-corrected chi connectivity index (χ2v) is 6.16. The minimum atomic E-state index is 1.03. The number of rotatable bonds is 3. The van der Waals surface area contributed by atoms with Crippen LogP contribution in [0, 0.1) is 13.8 Å². The Labute approximate surface area is 124 Å². The Balaban J connectivity index is 1.94. The van der Waals surface area contributed by atoms with Crippen LogP contribution in [-0.4, -0.2) is 0 Å². The lowest BCUT2D eigenvalue weighted by Crippen LogP contribution is -1.92. The average Bonchev–Trinajstić information content (AvgIpc) is 2.50. The van der Waals surface area contributed by atoms with Crippen LogP contribution in [0.2, 0.25) is 0 Å². The zero-order valence-corrected chi connectivity index (χ0v) is 12.7. The molecule has 100 valence electrons. The summed E-state index contributed by atoms with van der Waals surface area (Å²) < 4.78 is 0. The van der Waals surface area contributed by atoms with E-state index in [2.05, 4.69) is 74.5 Å². The summed E-state index contributed by atoms with van der Waals surface area (Å²) in [7, 11) is 0. The van der Waals surface area contributed by atoms with Crippen molar-refractivity contribution < 1.29 is 0 Å². The molecule has 3 aromatic carbocycles. The first-order valence-corrected chi connectivity index (χ1v) is 7.90. The maximum atomic E-state index is 2.34. The summed E-state index contributed by atoms with van der Waals surface area (Å²) in [5, 5.41) is 2.72. The second-order valence-electron chi connectivity index (χ2n) is 5.11. The number of aryl methyl sites for hydroxylation is 1. The first-order chi connectivity index (χ1) is 9.75. The van der Waals surface area contributed by atoms with Crippen molar-refractivity contribution in [3.8, 4) is 0 Å². The molecule has 0 N–H and O–H groups in total. The lowest BCUT2D eigenvalue weighted by Gasteiger charge is -2.12. The van der Waals surface area contributed by atoms with Crippen molar-refractivity contribution in [2.75, 3.05) is 0 Å². The van der Waals surface area contributed by atoms with E-state index in [0.29, 0.717) is 0 Å². The van der Waals surface area contributed by atoms with Gasteiger partial charge in [-0.1, -0.05) is 48.5 Å². The number of fused-ring (bicyclic) bond motifs is 1. The van der Waals surface area contributed by atoms with Crippen LogP contribution in [0.15, 0.2) is 65.6 Å². The van der Waals surface area contributed by atoms with Crippen LogP contribution in [-0.2, 0) is 5.75 Å². The van der Waals surface area contributed by atoms with Crippen molar-refractivity contribution in [3.63, 3.8) is 0 Å². The molecule has 20 heavy (non-hydrogen) atoms. The van der Waals surface area contributed by atoms with Gasteiger partial charge in [-0.05, 0) is 53.4 Å². The van der Waals surface area contributed by atoms with E-state index >= 15 is 0 Å². The van der Waals surface area contributed by atoms with E-state index in [1.807, 2.05) is 11.8 Å². The van der Waals surface area contributed by atoms with E-state index in [9.17, 15) is 0 Å². The van der Waals surface area contributed by atoms with E-state index in [1.54, 1.807) is 0 Å². The van der Waals surface area contributed by atoms with E-state index in [-0.39, 0.29) is 0 Å². The summed E-state index contributed by atoms with van der Waals surface area (Å²) in [5.74, 6) is 1.03. The smallest absolute Gasteiger partial charge is 0.0234 e. The monoisotopic (exact) mass is 278 g/mol. The molecule has 0 heterocycles. The Morgan fingerprint density at radius 3 is 2.30 bits per heavy atom. The van der Waals surface area contributed by atoms with E-state index in [4.69, 9.17) is 0 Å². The molecule has 0 fully saturated rings. The normalized spacial score (nSPS) is 10.9. The van der Waals surface area contributed by atoms with Crippen LogP contribution < -0.4 is 0 Å². The molecule has 0 amide bonds. The summed E-state index contributed by atoms with van der Waals surface area (Å²) in [5.41, 5.74) is 4.27. The molecular formula is C19H18S. The van der Waals surface area contributed by atoms with Gasteiger partial charge >= 0.3 is 0 Å². The topological polar surface area (TPSA) is 0 Å². The highest BCUT2D eigenvalue weighted by Gasteiger charge is 2.07. The number of thioether (sulfide) groups is 1. The van der Waals surface area contributed by atoms with Gasteiger partial charge in [0.2, 0.25) is 0 Å². The summed E-state index contributed by atoms with van der Waals surface area (Å²) in [6, 6.07) is 21.6. The van der Waals surface area contributed by atoms with Crippen molar-refractivity contribution in [2.24, 2.45) is 0 Å². The third kappa shape index (κ3) is 2.59. The van der Waals surface area contributed by atoms with Crippen LogP contribution in [0.3, 0.4) is 0 Å². The molecule has 0 atom stereocenters. The third-order valence-electron chi connectivity index (χ3n) is 3.88. The van der Waals surface area contributed by atoms with Crippen molar-refractivity contribution in [1.82, 2.24) is 0 Å². The lowest BCUT2D eigenvalue weighted by molar-refractivity contribution is 1.27. The molecule has 0 spiro atoms. The predicted molar refractivity (Wildman–Crippen MR) is 89.4 cm³/mol. The number of benzene rings is 3. The molecule has 0 unspecified atom stereocenters. The third-order valence-corrected chi connectivity index (χ3v) is 4.94. The second kappa shape index (κ2) is 5.72. The molecular weight excluding hydrogens is 260 g/mol. The van der Waals surface area contributed by atoms with Crippen molar-refractivity contribution >= 4 is 22.5 Å². The largest absolute Gasteiger partial charge is 0.121 e. The molecule has 3 rings (SSSR count). The predicted octanol–water partition coefficient (Wildman–Crippen LogP) is 5.75. The first-order valence-electron chi connectivity index (χ1n) is 6.91. The Morgan fingerprint density at radius 1 is 0.800 bits per heavy atom. The zero-order chi connectivity index (χ0) is 13.9. The summed E-state index contributed by atoms with van der Waals surface area (Å²) in [6.45, 7) is 4.47. The SMILES string of the molecule is Cc1c(CSc2ccccc2)cc2ccccc2c1C. The van der Waals surface area contributed by atoms with E-state index in [1.165, 1.54) is 32.4 Å². The Morgan fingerprint density at radius 2 is 1.50 bits per heavy atom. The van der Waals surface area contributed by atoms with E-state index in [0.717, 1.165) is 5.75 Å². The zero-order valence-electron chi connectivity index (χ0n) is 11.9. The number of hydrogen-bond donors (Lipinski definition) is 0. The quantitative estimate of drug-likeness (QED) is 0.550. The molecule has 0 aliphatic heterocycles. The molecule has 3 aromatic rings. The number of hydrogen-bond acceptors (Lipinski definition) is 1. The van der Waals surface area contributed by atoms with Crippen LogP contribution in [0.5, 0.6) is 0 Å². The van der Waals surface area contributed by atoms with Crippen LogP contribution in [0.25, 0.3) is 10.8 Å². The maximum absolute atomic E-state index is 2.34. The molecule has 0 aliphatic carbocycles. The van der Waals surface area contributed by atoms with Gasteiger partial charge in [0.15, 0.2) is 0 Å². The van der Waals surface area contributed by atoms with Crippen LogP contribution in [0.4, 0.5) is 0 Å². The van der Waals surface area contributed by atoms with Gasteiger partial charge in [-0.25, -0.2) is 0 Å². The maximum Gasteiger partial charge on any atom is 0.0234 e. The van der Waals surface area contributed by atoms with Gasteiger partial charge < -0.3 is 0 Å². The average molecular weight is 278 g/mol. The van der Waals surface area contributed by atoms with Gasteiger partial charge in [0, 0.05) is 10.6 Å². The van der Waals surface area contributed by atoms with Crippen LogP contribution >= 0.6 is 11.8 Å². The Kier molecular flexibility index (Phi) is 3.79. The van der Waals surface area contributed by atoms with Gasteiger partial charge in [-0.3, -0.25) is 0 Å². The first kappa shape index (κ1) is 13.3. The van der Waals surface area contributed by atoms with Crippen LogP contribution in [0.1, 0.15) is 16.7 Å². The molecule has 0 radical (unpaired) electrons. The molecule has 0 aliphatic rings. The highest BCUT2D eigenvalue weighted by Crippen LogP contribution is 2.29. The fourth-order valence-electron chi connectivity index (χ4n) is 2.53. The van der Waals surface area contributed by atoms with Gasteiger partial charge in [-0.15, -0.1) is 11.8 Å². The van der Waals surface area contributed by atoms with Crippen molar-refractivity contribution in [1.29, 1.82) is 0 Å². The van der Waals surface area contributed by atoms with Gasteiger partial charge in [0.25, 0.3) is 0 Å². The summed E-state index contributed by atoms with van der Waals surface area (Å²) in [6.07, 6.45) is 0. The minimum absolute atomic E-state index is 1.03. The molecule has 0 aromatic heterocycles. The fraction of sp³-hybridized carbons (Fsp3) is 0.158. The Hall–Kier alpha value is -1.73. The van der Waals surface area contributed by atoms with Gasteiger partial charge in [-0.2, -0.15) is 0 Å². The summed E-state index contributed by atoms with van der Waals surface area (Å²) >= 11 is 1.90. The molecule has 0 saturated heterocycles.